The maximum absolute atomic E-state index is 13.4. The monoisotopic (exact) mass is 268 g/mol. The molecule has 1 aromatic carbocycles. The second kappa shape index (κ2) is 6.69. The van der Waals surface area contributed by atoms with Crippen LogP contribution in [0, 0.1) is 5.82 Å². The number of nitrogens with one attached hydrogen (secondary N) is 3. The Morgan fingerprint density at radius 3 is 2.68 bits per heavy atom. The number of carbonyl (C=O) groups excluding carboxylic acids is 2. The molecule has 0 bridgehead atoms. The number of hydrogen-bond donors (Lipinski definition) is 4. The highest BCUT2D eigenvalue weighted by Gasteiger charge is 2.19. The molecule has 0 saturated heterocycles. The Morgan fingerprint density at radius 1 is 1.42 bits per heavy atom. The maximum Gasteiger partial charge on any atom is 0.254 e. The molecule has 19 heavy (non-hydrogen) atoms. The van der Waals surface area contributed by atoms with E-state index in [-0.39, 0.29) is 17.2 Å². The third-order valence-electron chi connectivity index (χ3n) is 2.49. The van der Waals surface area contributed by atoms with Gasteiger partial charge in [0.15, 0.2) is 0 Å². The molecule has 0 fully saturated rings. The quantitative estimate of drug-likeness (QED) is 0.458. The summed E-state index contributed by atoms with van der Waals surface area (Å²) in [7, 11) is 0. The summed E-state index contributed by atoms with van der Waals surface area (Å²) < 4.78 is 13.4. The van der Waals surface area contributed by atoms with Crippen molar-refractivity contribution in [2.75, 3.05) is 12.0 Å². The molecule has 0 spiro atoms. The van der Waals surface area contributed by atoms with Gasteiger partial charge >= 0.3 is 0 Å². The van der Waals surface area contributed by atoms with Crippen LogP contribution in [0.2, 0.25) is 0 Å². The molecule has 0 heterocycles. The van der Waals surface area contributed by atoms with Gasteiger partial charge in [0.05, 0.1) is 11.3 Å². The van der Waals surface area contributed by atoms with Crippen molar-refractivity contribution in [3.05, 3.63) is 29.6 Å². The fourth-order valence-corrected chi connectivity index (χ4v) is 1.53. The first-order chi connectivity index (χ1) is 9.01. The number of amides is 2. The molecular formula is C12H17FN4O2. The summed E-state index contributed by atoms with van der Waals surface area (Å²) in [5.41, 5.74) is 2.07. The molecule has 5 N–H and O–H groups in total. The summed E-state index contributed by atoms with van der Waals surface area (Å²) in [6, 6.07) is 3.26. The number of hydrazine groups is 1. The Hall–Kier alpha value is -2.15. The number of nitrogen functional groups attached to an aromatic ring is 1. The molecular weight excluding hydrogens is 251 g/mol. The van der Waals surface area contributed by atoms with Crippen molar-refractivity contribution in [3.63, 3.8) is 0 Å². The molecule has 2 amide bonds. The van der Waals surface area contributed by atoms with E-state index in [1.807, 2.05) is 0 Å². The number of benzene rings is 1. The van der Waals surface area contributed by atoms with Crippen LogP contribution < -0.4 is 21.9 Å². The minimum Gasteiger partial charge on any atom is -0.355 e. The first-order valence-electron chi connectivity index (χ1n) is 5.85. The van der Waals surface area contributed by atoms with Gasteiger partial charge in [-0.2, -0.15) is 0 Å². The first kappa shape index (κ1) is 14.9. The van der Waals surface area contributed by atoms with Crippen molar-refractivity contribution < 1.29 is 14.0 Å². The lowest BCUT2D eigenvalue weighted by atomic mass is 10.1. The Morgan fingerprint density at radius 2 is 2.11 bits per heavy atom. The second-order valence-electron chi connectivity index (χ2n) is 3.90. The van der Waals surface area contributed by atoms with E-state index in [9.17, 15) is 14.0 Å². The van der Waals surface area contributed by atoms with Gasteiger partial charge in [0.1, 0.15) is 11.9 Å². The predicted molar refractivity (Wildman–Crippen MR) is 69.8 cm³/mol. The Bertz CT molecular complexity index is 479. The lowest BCUT2D eigenvalue weighted by Gasteiger charge is -2.15. The van der Waals surface area contributed by atoms with Crippen LogP contribution in [-0.2, 0) is 4.79 Å². The van der Waals surface area contributed by atoms with Gasteiger partial charge < -0.3 is 16.1 Å². The number of anilines is 1. The van der Waals surface area contributed by atoms with Gasteiger partial charge in [0.25, 0.3) is 5.91 Å². The minimum absolute atomic E-state index is 0.0404. The van der Waals surface area contributed by atoms with Crippen molar-refractivity contribution in [1.29, 1.82) is 0 Å². The molecule has 7 heteroatoms. The van der Waals surface area contributed by atoms with Gasteiger partial charge in [-0.15, -0.1) is 0 Å². The normalized spacial score (nSPS) is 11.6. The fourth-order valence-electron chi connectivity index (χ4n) is 1.53. The molecule has 0 aliphatic rings. The zero-order valence-electron chi connectivity index (χ0n) is 10.8. The number of nitrogens with two attached hydrogens (primary N) is 1. The fraction of sp³-hybridized carbons (Fsp3) is 0.333. The highest BCUT2D eigenvalue weighted by atomic mass is 19.1. The predicted octanol–water partition coefficient (Wildman–Crippen LogP) is 0.366. The SMILES string of the molecule is CCNC(=O)C(C)NC(=O)c1cccc(F)c1NN. The summed E-state index contributed by atoms with van der Waals surface area (Å²) in [4.78, 5) is 23.4. The van der Waals surface area contributed by atoms with Crippen molar-refractivity contribution in [3.8, 4) is 0 Å². The van der Waals surface area contributed by atoms with Crippen molar-refractivity contribution in [1.82, 2.24) is 10.6 Å². The number of hydrogen-bond acceptors (Lipinski definition) is 4. The third-order valence-corrected chi connectivity index (χ3v) is 2.49. The minimum atomic E-state index is -0.721. The van der Waals surface area contributed by atoms with Crippen LogP contribution in [0.4, 0.5) is 10.1 Å². The van der Waals surface area contributed by atoms with E-state index in [0.717, 1.165) is 0 Å². The highest BCUT2D eigenvalue weighted by molar-refractivity contribution is 6.01. The van der Waals surface area contributed by atoms with Crippen LogP contribution >= 0.6 is 0 Å². The Labute approximate surface area is 110 Å². The summed E-state index contributed by atoms with van der Waals surface area (Å²) in [5.74, 6) is 3.65. The lowest BCUT2D eigenvalue weighted by molar-refractivity contribution is -0.122. The smallest absolute Gasteiger partial charge is 0.254 e. The van der Waals surface area contributed by atoms with Gasteiger partial charge in [0.2, 0.25) is 5.91 Å². The average Bonchev–Trinajstić information content (AvgIpc) is 2.38. The average molecular weight is 268 g/mol. The molecule has 1 rings (SSSR count). The van der Waals surface area contributed by atoms with Crippen LogP contribution in [0.25, 0.3) is 0 Å². The van der Waals surface area contributed by atoms with Crippen LogP contribution in [0.15, 0.2) is 18.2 Å². The topological polar surface area (TPSA) is 96.2 Å². The Balaban J connectivity index is 2.84. The van der Waals surface area contributed by atoms with Crippen molar-refractivity contribution in [2.45, 2.75) is 19.9 Å². The van der Waals surface area contributed by atoms with E-state index in [1.54, 1.807) is 6.92 Å². The molecule has 1 aromatic rings. The van der Waals surface area contributed by atoms with Crippen LogP contribution in [0.1, 0.15) is 24.2 Å². The molecule has 0 aromatic heterocycles. The number of likely N-dealkylation sites (N-methyl/N-ethyl adjacent to an activating group) is 1. The number of para-hydroxylation sites is 1. The van der Waals surface area contributed by atoms with Gasteiger partial charge in [0, 0.05) is 6.54 Å². The summed E-state index contributed by atoms with van der Waals surface area (Å²) >= 11 is 0. The van der Waals surface area contributed by atoms with Crippen LogP contribution in [0.3, 0.4) is 0 Å². The van der Waals surface area contributed by atoms with Gasteiger partial charge in [-0.1, -0.05) is 6.07 Å². The molecule has 0 radical (unpaired) electrons. The maximum atomic E-state index is 13.4. The Kier molecular flexibility index (Phi) is 5.25. The highest BCUT2D eigenvalue weighted by Crippen LogP contribution is 2.18. The first-order valence-corrected chi connectivity index (χ1v) is 5.85. The zero-order valence-corrected chi connectivity index (χ0v) is 10.8. The molecule has 0 aliphatic carbocycles. The van der Waals surface area contributed by atoms with E-state index in [0.29, 0.717) is 6.54 Å². The van der Waals surface area contributed by atoms with E-state index >= 15 is 0 Å². The molecule has 1 atom stereocenters. The third kappa shape index (κ3) is 3.65. The molecule has 0 aliphatic heterocycles. The van der Waals surface area contributed by atoms with E-state index in [2.05, 4.69) is 16.1 Å². The van der Waals surface area contributed by atoms with Gasteiger partial charge in [-0.25, -0.2) is 4.39 Å². The van der Waals surface area contributed by atoms with Crippen LogP contribution in [0.5, 0.6) is 0 Å². The van der Waals surface area contributed by atoms with Crippen molar-refractivity contribution >= 4 is 17.5 Å². The lowest BCUT2D eigenvalue weighted by Crippen LogP contribution is -2.44. The summed E-state index contributed by atoms with van der Waals surface area (Å²) in [5, 5.41) is 5.04. The molecule has 1 unspecified atom stereocenters. The molecule has 0 saturated carbocycles. The van der Waals surface area contributed by atoms with Crippen molar-refractivity contribution in [2.24, 2.45) is 5.84 Å². The largest absolute Gasteiger partial charge is 0.355 e. The van der Waals surface area contributed by atoms with Gasteiger partial charge in [-0.05, 0) is 26.0 Å². The number of rotatable bonds is 5. The molecule has 6 nitrogen and oxygen atoms in total. The molecule has 104 valence electrons. The standard InChI is InChI=1S/C12H17FN4O2/c1-3-15-11(18)7(2)16-12(19)8-5-4-6-9(13)10(8)17-14/h4-7,17H,3,14H2,1-2H3,(H,15,18)(H,16,19). The number of halogens is 1. The second-order valence-corrected chi connectivity index (χ2v) is 3.90. The van der Waals surface area contributed by atoms with E-state index in [4.69, 9.17) is 5.84 Å². The number of carbonyl (C=O) groups is 2. The zero-order chi connectivity index (χ0) is 14.4. The van der Waals surface area contributed by atoms with Crippen LogP contribution in [-0.4, -0.2) is 24.4 Å². The van der Waals surface area contributed by atoms with E-state index in [1.165, 1.54) is 25.1 Å². The summed E-state index contributed by atoms with van der Waals surface area (Å²) in [6.45, 7) is 3.78. The van der Waals surface area contributed by atoms with Gasteiger partial charge in [-0.3, -0.25) is 15.4 Å². The van der Waals surface area contributed by atoms with E-state index < -0.39 is 17.8 Å². The summed E-state index contributed by atoms with van der Waals surface area (Å²) in [6.07, 6.45) is 0.